The molecule has 3 heterocycles. The number of halogens is 1. The monoisotopic (exact) mass is 561 g/mol. The lowest BCUT2D eigenvalue weighted by molar-refractivity contribution is 0.0980. The first-order valence-corrected chi connectivity index (χ1v) is 13.9. The Morgan fingerprint density at radius 1 is 1.08 bits per heavy atom. The van der Waals surface area contributed by atoms with Crippen molar-refractivity contribution >= 4 is 56.9 Å². The number of aryl methyl sites for hydroxylation is 3. The van der Waals surface area contributed by atoms with E-state index in [2.05, 4.69) is 20.1 Å². The largest absolute Gasteiger partial charge is 0.377 e. The van der Waals surface area contributed by atoms with Gasteiger partial charge >= 0.3 is 0 Å². The Morgan fingerprint density at radius 2 is 1.85 bits per heavy atom. The molecule has 3 aromatic heterocycles. The van der Waals surface area contributed by atoms with E-state index in [9.17, 15) is 9.59 Å². The maximum absolute atomic E-state index is 13.6. The number of fused-ring (bicyclic) bond motifs is 2. The molecule has 0 radical (unpaired) electrons. The number of rotatable bonds is 6. The lowest BCUT2D eigenvalue weighted by Crippen LogP contribution is -2.23. The summed E-state index contributed by atoms with van der Waals surface area (Å²) in [6, 6.07) is 10.8. The second-order valence-corrected chi connectivity index (χ2v) is 10.6. The van der Waals surface area contributed by atoms with Crippen LogP contribution in [0.4, 0.5) is 5.69 Å². The van der Waals surface area contributed by atoms with Crippen molar-refractivity contribution in [2.24, 2.45) is 14.1 Å². The second-order valence-electron chi connectivity index (χ2n) is 9.56. The minimum Gasteiger partial charge on any atom is -0.377 e. The van der Waals surface area contributed by atoms with Gasteiger partial charge in [-0.1, -0.05) is 29.6 Å². The van der Waals surface area contributed by atoms with Gasteiger partial charge < -0.3 is 5.32 Å². The number of hydrogen-bond acceptors (Lipinski definition) is 7. The van der Waals surface area contributed by atoms with E-state index in [1.807, 2.05) is 58.3 Å². The van der Waals surface area contributed by atoms with Crippen LogP contribution in [0.1, 0.15) is 40.1 Å². The molecule has 0 saturated heterocycles. The predicted octanol–water partition coefficient (Wildman–Crippen LogP) is 5.33. The minimum absolute atomic E-state index is 0.133. The topological polar surface area (TPSA) is 107 Å². The van der Waals surface area contributed by atoms with Crippen LogP contribution in [0.25, 0.3) is 33.2 Å². The standard InChI is InChI=1S/C28H28ClN7O2S/c1-14-11-18(16(3)30-22-9-10-23(29)31-25(22)27(37)34-39-6)24-19(12-14)28(38)36(5)26(32-24)17-7-8-21-20(15(17)2)13-35(4)33-21/h7-13,16,30H,1-6H3,(H,34,37). The Kier molecular flexibility index (Phi) is 7.09. The molecule has 39 heavy (non-hydrogen) atoms. The van der Waals surface area contributed by atoms with Crippen molar-refractivity contribution in [3.05, 3.63) is 80.5 Å². The molecule has 9 nitrogen and oxygen atoms in total. The molecule has 11 heteroatoms. The average molecular weight is 562 g/mol. The Labute approximate surface area is 234 Å². The van der Waals surface area contributed by atoms with Gasteiger partial charge in [-0.15, -0.1) is 0 Å². The number of nitrogens with zero attached hydrogens (tertiary/aromatic N) is 5. The molecule has 1 amide bonds. The van der Waals surface area contributed by atoms with E-state index in [0.717, 1.165) is 33.2 Å². The first kappa shape index (κ1) is 26.7. The van der Waals surface area contributed by atoms with Gasteiger partial charge in [0.05, 0.1) is 28.1 Å². The van der Waals surface area contributed by atoms with Crippen molar-refractivity contribution in [3.8, 4) is 11.4 Å². The number of nitrogens with one attached hydrogen (secondary N) is 2. The van der Waals surface area contributed by atoms with Crippen molar-refractivity contribution in [1.82, 2.24) is 29.0 Å². The summed E-state index contributed by atoms with van der Waals surface area (Å²) in [5, 5.41) is 9.65. The van der Waals surface area contributed by atoms with Gasteiger partial charge in [0.25, 0.3) is 11.5 Å². The van der Waals surface area contributed by atoms with E-state index in [-0.39, 0.29) is 28.4 Å². The fraction of sp³-hybridized carbons (Fsp3) is 0.250. The van der Waals surface area contributed by atoms with E-state index in [1.54, 1.807) is 34.7 Å². The predicted molar refractivity (Wildman–Crippen MR) is 158 cm³/mol. The van der Waals surface area contributed by atoms with Crippen molar-refractivity contribution in [1.29, 1.82) is 0 Å². The molecule has 1 atom stereocenters. The maximum atomic E-state index is 13.6. The van der Waals surface area contributed by atoms with Crippen LogP contribution in [-0.2, 0) is 14.1 Å². The molecule has 200 valence electrons. The average Bonchev–Trinajstić information content (AvgIpc) is 3.29. The van der Waals surface area contributed by atoms with Gasteiger partial charge in [-0.3, -0.25) is 23.6 Å². The Balaban J connectivity index is 1.67. The number of amides is 1. The van der Waals surface area contributed by atoms with Crippen LogP contribution in [0, 0.1) is 13.8 Å². The zero-order chi connectivity index (χ0) is 28.0. The third-order valence-corrected chi connectivity index (χ3v) is 7.38. The van der Waals surface area contributed by atoms with E-state index in [1.165, 1.54) is 11.9 Å². The molecule has 0 aliphatic heterocycles. The SMILES string of the molecule is CSNC(=O)c1nc(Cl)ccc1NC(C)c1cc(C)cc2c(=O)n(C)c(-c3ccc4nn(C)cc4c3C)nc12. The summed E-state index contributed by atoms with van der Waals surface area (Å²) in [6.07, 6.45) is 3.73. The molecule has 0 aliphatic rings. The molecule has 5 rings (SSSR count). The van der Waals surface area contributed by atoms with E-state index < -0.39 is 0 Å². The van der Waals surface area contributed by atoms with Crippen molar-refractivity contribution in [2.75, 3.05) is 11.6 Å². The van der Waals surface area contributed by atoms with Crippen LogP contribution in [0.15, 0.2) is 47.4 Å². The number of pyridine rings is 1. The summed E-state index contributed by atoms with van der Waals surface area (Å²) >= 11 is 7.27. The molecule has 5 aromatic rings. The molecule has 2 aromatic carbocycles. The zero-order valence-corrected chi connectivity index (χ0v) is 24.0. The molecule has 0 bridgehead atoms. The quantitative estimate of drug-likeness (QED) is 0.213. The first-order chi connectivity index (χ1) is 18.6. The molecule has 0 aliphatic carbocycles. The Bertz CT molecular complexity index is 1830. The summed E-state index contributed by atoms with van der Waals surface area (Å²) in [6.45, 7) is 5.93. The lowest BCUT2D eigenvalue weighted by atomic mass is 9.99. The fourth-order valence-electron chi connectivity index (χ4n) is 4.89. The number of anilines is 1. The van der Waals surface area contributed by atoms with Gasteiger partial charge in [-0.05, 0) is 62.2 Å². The van der Waals surface area contributed by atoms with Crippen molar-refractivity contribution in [2.45, 2.75) is 26.8 Å². The Morgan fingerprint density at radius 3 is 2.59 bits per heavy atom. The molecular formula is C28H28ClN7O2S. The van der Waals surface area contributed by atoms with Crippen LogP contribution >= 0.6 is 23.5 Å². The summed E-state index contributed by atoms with van der Waals surface area (Å²) < 4.78 is 6.07. The van der Waals surface area contributed by atoms with Crippen LogP contribution in [0.2, 0.25) is 5.15 Å². The number of hydrogen-bond donors (Lipinski definition) is 2. The van der Waals surface area contributed by atoms with Crippen LogP contribution < -0.4 is 15.6 Å². The summed E-state index contributed by atoms with van der Waals surface area (Å²) in [7, 11) is 3.63. The van der Waals surface area contributed by atoms with Gasteiger partial charge in [0, 0.05) is 43.1 Å². The normalized spacial score (nSPS) is 12.2. The highest BCUT2D eigenvalue weighted by atomic mass is 35.5. The summed E-state index contributed by atoms with van der Waals surface area (Å²) in [5.41, 5.74) is 5.68. The van der Waals surface area contributed by atoms with E-state index in [0.29, 0.717) is 22.4 Å². The van der Waals surface area contributed by atoms with Gasteiger partial charge in [0.15, 0.2) is 5.69 Å². The smallest absolute Gasteiger partial charge is 0.281 e. The first-order valence-electron chi connectivity index (χ1n) is 12.3. The van der Waals surface area contributed by atoms with Crippen molar-refractivity contribution in [3.63, 3.8) is 0 Å². The van der Waals surface area contributed by atoms with Crippen LogP contribution in [0.3, 0.4) is 0 Å². The van der Waals surface area contributed by atoms with Crippen LogP contribution in [0.5, 0.6) is 0 Å². The minimum atomic E-state index is -0.357. The fourth-order valence-corrected chi connectivity index (χ4v) is 5.32. The summed E-state index contributed by atoms with van der Waals surface area (Å²) in [5.74, 6) is 0.214. The Hall–Kier alpha value is -3.89. The lowest BCUT2D eigenvalue weighted by Gasteiger charge is -2.21. The molecule has 1 unspecified atom stereocenters. The molecule has 0 saturated carbocycles. The highest BCUT2D eigenvalue weighted by Gasteiger charge is 2.21. The maximum Gasteiger partial charge on any atom is 0.281 e. The highest BCUT2D eigenvalue weighted by Crippen LogP contribution is 2.32. The number of carbonyl (C=O) groups excluding carboxylic acids is 1. The zero-order valence-electron chi connectivity index (χ0n) is 22.5. The number of carbonyl (C=O) groups is 1. The van der Waals surface area contributed by atoms with E-state index in [4.69, 9.17) is 16.6 Å². The van der Waals surface area contributed by atoms with Crippen LogP contribution in [-0.4, -0.2) is 36.5 Å². The summed E-state index contributed by atoms with van der Waals surface area (Å²) in [4.78, 5) is 35.6. The van der Waals surface area contributed by atoms with Gasteiger partial charge in [0.1, 0.15) is 11.0 Å². The second kappa shape index (κ2) is 10.3. The third kappa shape index (κ3) is 4.86. The van der Waals surface area contributed by atoms with Gasteiger partial charge in [-0.2, -0.15) is 5.10 Å². The number of benzene rings is 2. The molecule has 2 N–H and O–H groups in total. The van der Waals surface area contributed by atoms with Crippen molar-refractivity contribution < 1.29 is 4.79 Å². The number of aromatic nitrogens is 5. The highest BCUT2D eigenvalue weighted by molar-refractivity contribution is 7.97. The third-order valence-electron chi connectivity index (χ3n) is 6.78. The van der Waals surface area contributed by atoms with Gasteiger partial charge in [0.2, 0.25) is 0 Å². The molecule has 0 fully saturated rings. The molecule has 0 spiro atoms. The van der Waals surface area contributed by atoms with E-state index >= 15 is 0 Å². The van der Waals surface area contributed by atoms with Gasteiger partial charge in [-0.25, -0.2) is 9.97 Å². The molecular weight excluding hydrogens is 534 g/mol.